The maximum absolute atomic E-state index is 13.1. The van der Waals surface area contributed by atoms with Crippen molar-refractivity contribution in [3.05, 3.63) is 79.3 Å². The second-order valence-electron chi connectivity index (χ2n) is 7.27. The Bertz CT molecular complexity index is 1250. The first kappa shape index (κ1) is 20.8. The Labute approximate surface area is 181 Å². The van der Waals surface area contributed by atoms with Crippen LogP contribution in [-0.2, 0) is 7.05 Å². The van der Waals surface area contributed by atoms with Crippen molar-refractivity contribution < 1.29 is 14.1 Å². The van der Waals surface area contributed by atoms with Crippen molar-refractivity contribution in [2.24, 2.45) is 7.05 Å². The molecule has 0 unspecified atom stereocenters. The van der Waals surface area contributed by atoms with Crippen LogP contribution < -0.4 is 10.5 Å². The number of aryl methyl sites for hydroxylation is 1. The molecule has 3 aromatic rings. The van der Waals surface area contributed by atoms with Gasteiger partial charge in [-0.05, 0) is 42.5 Å². The number of halogens is 2. The lowest BCUT2D eigenvalue weighted by Gasteiger charge is -2.36. The average Bonchev–Trinajstić information content (AvgIpc) is 2.76. The number of piperazine rings is 1. The van der Waals surface area contributed by atoms with Crippen molar-refractivity contribution in [3.8, 4) is 0 Å². The zero-order valence-electron chi connectivity index (χ0n) is 16.5. The standard InChI is InChI=1S/C21H18ClFN4O4/c1-24-17-7-4-14(22)12-16(17)18(19(21(24)29)27(30)31)25-8-10-26(11-9-25)20(28)13-2-5-15(23)6-3-13/h2-7,12H,8-11H2,1H3. The Morgan fingerprint density at radius 3 is 2.35 bits per heavy atom. The zero-order valence-corrected chi connectivity index (χ0v) is 17.3. The summed E-state index contributed by atoms with van der Waals surface area (Å²) in [6.45, 7) is 1.18. The third kappa shape index (κ3) is 3.72. The molecule has 2 heterocycles. The van der Waals surface area contributed by atoms with E-state index < -0.39 is 22.0 Å². The molecule has 1 aliphatic rings. The molecule has 31 heavy (non-hydrogen) atoms. The first-order valence-corrected chi connectivity index (χ1v) is 9.92. The summed E-state index contributed by atoms with van der Waals surface area (Å²) in [6, 6.07) is 10.2. The van der Waals surface area contributed by atoms with Crippen LogP contribution in [-0.4, -0.2) is 46.5 Å². The predicted octanol–water partition coefficient (Wildman–Crippen LogP) is 3.20. The summed E-state index contributed by atoms with van der Waals surface area (Å²) < 4.78 is 14.4. The largest absolute Gasteiger partial charge is 0.362 e. The lowest BCUT2D eigenvalue weighted by Crippen LogP contribution is -2.49. The molecular formula is C21H18ClFN4O4. The number of carbonyl (C=O) groups is 1. The van der Waals surface area contributed by atoms with Crippen molar-refractivity contribution in [1.82, 2.24) is 9.47 Å². The van der Waals surface area contributed by atoms with Crippen molar-refractivity contribution >= 4 is 39.8 Å². The fourth-order valence-corrected chi connectivity index (χ4v) is 4.05. The van der Waals surface area contributed by atoms with E-state index in [0.717, 1.165) is 0 Å². The van der Waals surface area contributed by atoms with Crippen molar-refractivity contribution in [2.75, 3.05) is 31.1 Å². The molecule has 0 spiro atoms. The molecule has 0 bridgehead atoms. The molecule has 1 aromatic heterocycles. The number of amides is 1. The highest BCUT2D eigenvalue weighted by molar-refractivity contribution is 6.31. The van der Waals surface area contributed by atoms with Crippen LogP contribution in [0.15, 0.2) is 47.3 Å². The van der Waals surface area contributed by atoms with Gasteiger partial charge in [0.2, 0.25) is 0 Å². The Morgan fingerprint density at radius 1 is 1.10 bits per heavy atom. The molecule has 160 valence electrons. The minimum Gasteiger partial charge on any atom is -0.362 e. The van der Waals surface area contributed by atoms with Gasteiger partial charge in [-0.1, -0.05) is 11.6 Å². The smallest absolute Gasteiger partial charge is 0.357 e. The van der Waals surface area contributed by atoms with Crippen LogP contribution in [0.2, 0.25) is 5.02 Å². The van der Waals surface area contributed by atoms with Gasteiger partial charge in [0.15, 0.2) is 0 Å². The first-order valence-electron chi connectivity index (χ1n) is 9.54. The molecule has 0 radical (unpaired) electrons. The summed E-state index contributed by atoms with van der Waals surface area (Å²) >= 11 is 6.14. The van der Waals surface area contributed by atoms with E-state index in [1.165, 1.54) is 35.9 Å². The third-order valence-electron chi connectivity index (χ3n) is 5.46. The number of nitrogens with zero attached hydrogens (tertiary/aromatic N) is 4. The Kier molecular flexibility index (Phi) is 5.36. The number of fused-ring (bicyclic) bond motifs is 1. The van der Waals surface area contributed by atoms with Crippen molar-refractivity contribution in [3.63, 3.8) is 0 Å². The molecule has 2 aromatic carbocycles. The van der Waals surface area contributed by atoms with E-state index in [4.69, 9.17) is 11.6 Å². The topological polar surface area (TPSA) is 88.7 Å². The molecule has 0 N–H and O–H groups in total. The van der Waals surface area contributed by atoms with Gasteiger partial charge in [0.25, 0.3) is 5.91 Å². The van der Waals surface area contributed by atoms with Crippen LogP contribution >= 0.6 is 11.6 Å². The van der Waals surface area contributed by atoms with Gasteiger partial charge in [0.05, 0.1) is 10.4 Å². The third-order valence-corrected chi connectivity index (χ3v) is 5.70. The molecule has 8 nitrogen and oxygen atoms in total. The Morgan fingerprint density at radius 2 is 1.74 bits per heavy atom. The van der Waals surface area contributed by atoms with Crippen molar-refractivity contribution in [2.45, 2.75) is 0 Å². The van der Waals surface area contributed by atoms with Gasteiger partial charge in [-0.25, -0.2) is 4.39 Å². The summed E-state index contributed by atoms with van der Waals surface area (Å²) in [7, 11) is 1.48. The summed E-state index contributed by atoms with van der Waals surface area (Å²) in [4.78, 5) is 39.9. The number of nitro groups is 1. The number of hydrogen-bond acceptors (Lipinski definition) is 5. The van der Waals surface area contributed by atoms with E-state index in [1.54, 1.807) is 28.0 Å². The second kappa shape index (κ2) is 7.99. The maximum Gasteiger partial charge on any atom is 0.357 e. The first-order chi connectivity index (χ1) is 14.8. The summed E-state index contributed by atoms with van der Waals surface area (Å²) in [5.74, 6) is -0.670. The number of benzene rings is 2. The van der Waals surface area contributed by atoms with Gasteiger partial charge < -0.3 is 14.4 Å². The molecular weight excluding hydrogens is 427 g/mol. The zero-order chi connectivity index (χ0) is 22.3. The SMILES string of the molecule is Cn1c(=O)c([N+](=O)[O-])c(N2CCN(C(=O)c3ccc(F)cc3)CC2)c2cc(Cl)ccc21. The predicted molar refractivity (Wildman–Crippen MR) is 115 cm³/mol. The summed E-state index contributed by atoms with van der Waals surface area (Å²) in [6.07, 6.45) is 0. The molecule has 0 saturated carbocycles. The van der Waals surface area contributed by atoms with E-state index in [-0.39, 0.29) is 11.6 Å². The molecule has 4 rings (SSSR count). The fourth-order valence-electron chi connectivity index (χ4n) is 3.88. The minimum absolute atomic E-state index is 0.208. The van der Waals surface area contributed by atoms with E-state index in [2.05, 4.69) is 0 Å². The number of anilines is 1. The number of pyridine rings is 1. The highest BCUT2D eigenvalue weighted by atomic mass is 35.5. The monoisotopic (exact) mass is 444 g/mol. The molecule has 0 aliphatic carbocycles. The van der Waals surface area contributed by atoms with E-state index in [9.17, 15) is 24.1 Å². The number of aromatic nitrogens is 1. The molecule has 1 amide bonds. The van der Waals surface area contributed by atoms with Crippen LogP contribution in [0.25, 0.3) is 10.9 Å². The van der Waals surface area contributed by atoms with Crippen molar-refractivity contribution in [1.29, 1.82) is 0 Å². The molecule has 1 fully saturated rings. The molecule has 1 aliphatic heterocycles. The summed E-state index contributed by atoms with van der Waals surface area (Å²) in [5, 5.41) is 12.7. The average molecular weight is 445 g/mol. The van der Waals surface area contributed by atoms with Crippen LogP contribution in [0, 0.1) is 15.9 Å². The highest BCUT2D eigenvalue weighted by Crippen LogP contribution is 2.35. The fraction of sp³-hybridized carbons (Fsp3) is 0.238. The van der Waals surface area contributed by atoms with Gasteiger partial charge in [-0.15, -0.1) is 0 Å². The van der Waals surface area contributed by atoms with Gasteiger partial charge in [-0.2, -0.15) is 0 Å². The number of hydrogen-bond donors (Lipinski definition) is 0. The van der Waals surface area contributed by atoms with Gasteiger partial charge in [0, 0.05) is 49.2 Å². The maximum atomic E-state index is 13.1. The Balaban J connectivity index is 1.69. The number of carbonyl (C=O) groups excluding carboxylic acids is 1. The van der Waals surface area contributed by atoms with Crippen LogP contribution in [0.1, 0.15) is 10.4 Å². The van der Waals surface area contributed by atoms with Gasteiger partial charge in [-0.3, -0.25) is 19.7 Å². The van der Waals surface area contributed by atoms with Crippen LogP contribution in [0.4, 0.5) is 15.8 Å². The van der Waals surface area contributed by atoms with Crippen LogP contribution in [0.3, 0.4) is 0 Å². The summed E-state index contributed by atoms with van der Waals surface area (Å²) in [5.41, 5.74) is -0.124. The lowest BCUT2D eigenvalue weighted by atomic mass is 10.1. The quantitative estimate of drug-likeness (QED) is 0.457. The highest BCUT2D eigenvalue weighted by Gasteiger charge is 2.31. The van der Waals surface area contributed by atoms with E-state index >= 15 is 0 Å². The Hall–Kier alpha value is -3.46. The van der Waals surface area contributed by atoms with Crippen LogP contribution in [0.5, 0.6) is 0 Å². The van der Waals surface area contributed by atoms with E-state index in [1.807, 2.05) is 0 Å². The van der Waals surface area contributed by atoms with Gasteiger partial charge in [0.1, 0.15) is 11.5 Å². The second-order valence-corrected chi connectivity index (χ2v) is 7.70. The minimum atomic E-state index is -0.709. The molecule has 10 heteroatoms. The normalized spacial score (nSPS) is 14.2. The molecule has 1 saturated heterocycles. The number of rotatable bonds is 3. The van der Waals surface area contributed by atoms with E-state index in [0.29, 0.717) is 47.7 Å². The van der Waals surface area contributed by atoms with Gasteiger partial charge >= 0.3 is 11.2 Å². The lowest BCUT2D eigenvalue weighted by molar-refractivity contribution is -0.385. The molecule has 0 atom stereocenters.